The van der Waals surface area contributed by atoms with Crippen molar-refractivity contribution in [3.63, 3.8) is 0 Å². The second-order valence-electron chi connectivity index (χ2n) is 4.21. The Hall–Kier alpha value is -1.02. The molecule has 0 unspecified atom stereocenters. The largest absolute Gasteiger partial charge is 0.426 e. The molecule has 1 heterocycles. The van der Waals surface area contributed by atoms with Crippen molar-refractivity contribution >= 4 is 11.3 Å². The fourth-order valence-electron chi connectivity index (χ4n) is 1.05. The average Bonchev–Trinajstić information content (AvgIpc) is 2.44. The number of nitriles is 1. The number of halogens is 3. The summed E-state index contributed by atoms with van der Waals surface area (Å²) in [5, 5.41) is 8.62. The van der Waals surface area contributed by atoms with Crippen LogP contribution in [0.4, 0.5) is 13.2 Å². The first kappa shape index (κ1) is 12.1. The third-order valence-corrected chi connectivity index (χ3v) is 3.45. The summed E-state index contributed by atoms with van der Waals surface area (Å²) >= 11 is 0.650. The summed E-state index contributed by atoms with van der Waals surface area (Å²) in [6.07, 6.45) is -4.43. The van der Waals surface area contributed by atoms with Crippen LogP contribution in [0.5, 0.6) is 0 Å². The van der Waals surface area contributed by atoms with E-state index in [9.17, 15) is 13.2 Å². The van der Waals surface area contributed by atoms with E-state index in [1.54, 1.807) is 6.07 Å². The molecule has 0 atom stereocenters. The second kappa shape index (κ2) is 3.53. The van der Waals surface area contributed by atoms with Gasteiger partial charge in [-0.3, -0.25) is 0 Å². The Balaban J connectivity index is 3.32. The van der Waals surface area contributed by atoms with Crippen molar-refractivity contribution in [2.45, 2.75) is 32.4 Å². The van der Waals surface area contributed by atoms with Crippen LogP contribution in [-0.4, -0.2) is 0 Å². The van der Waals surface area contributed by atoms with Gasteiger partial charge in [0.1, 0.15) is 10.9 Å². The molecule has 0 aliphatic carbocycles. The maximum absolute atomic E-state index is 12.5. The van der Waals surface area contributed by atoms with E-state index in [4.69, 9.17) is 5.26 Å². The topological polar surface area (TPSA) is 23.8 Å². The molecule has 0 bridgehead atoms. The van der Waals surface area contributed by atoms with E-state index < -0.39 is 11.1 Å². The minimum Gasteiger partial charge on any atom is -0.192 e. The number of alkyl halides is 3. The van der Waals surface area contributed by atoms with Gasteiger partial charge in [-0.25, -0.2) is 0 Å². The minimum atomic E-state index is -4.43. The van der Waals surface area contributed by atoms with Crippen LogP contribution in [-0.2, 0) is 11.6 Å². The van der Waals surface area contributed by atoms with Crippen LogP contribution < -0.4 is 0 Å². The summed E-state index contributed by atoms with van der Waals surface area (Å²) in [7, 11) is 0. The fourth-order valence-corrected chi connectivity index (χ4v) is 2.09. The van der Waals surface area contributed by atoms with Crippen LogP contribution in [0, 0.1) is 11.3 Å². The summed E-state index contributed by atoms with van der Waals surface area (Å²) in [6.45, 7) is 5.46. The fraction of sp³-hybridized carbons (Fsp3) is 0.500. The van der Waals surface area contributed by atoms with E-state index in [0.717, 1.165) is 0 Å². The Bertz CT molecular complexity index is 404. The van der Waals surface area contributed by atoms with E-state index in [2.05, 4.69) is 0 Å². The lowest BCUT2D eigenvalue weighted by Crippen LogP contribution is -2.08. The molecule has 0 fully saturated rings. The number of hydrogen-bond acceptors (Lipinski definition) is 2. The zero-order chi connectivity index (χ0) is 11.9. The van der Waals surface area contributed by atoms with Gasteiger partial charge in [0, 0.05) is 4.88 Å². The van der Waals surface area contributed by atoms with Crippen molar-refractivity contribution in [2.75, 3.05) is 0 Å². The molecule has 0 spiro atoms. The van der Waals surface area contributed by atoms with Gasteiger partial charge >= 0.3 is 6.18 Å². The Labute approximate surface area is 90.2 Å². The predicted octanol–water partition coefficient (Wildman–Crippen LogP) is 3.94. The van der Waals surface area contributed by atoms with Crippen molar-refractivity contribution in [3.05, 3.63) is 21.4 Å². The van der Waals surface area contributed by atoms with Gasteiger partial charge in [0.25, 0.3) is 0 Å². The molecule has 1 aromatic rings. The predicted molar refractivity (Wildman–Crippen MR) is 52.7 cm³/mol. The number of nitrogens with zero attached hydrogens (tertiary/aromatic N) is 1. The van der Waals surface area contributed by atoms with Crippen LogP contribution in [0.15, 0.2) is 6.07 Å². The number of hydrogen-bond donors (Lipinski definition) is 0. The molecule has 0 aromatic carbocycles. The molecule has 0 aliphatic rings. The smallest absolute Gasteiger partial charge is 0.192 e. The monoisotopic (exact) mass is 233 g/mol. The highest BCUT2D eigenvalue weighted by Gasteiger charge is 2.37. The summed E-state index contributed by atoms with van der Waals surface area (Å²) < 4.78 is 37.5. The lowest BCUT2D eigenvalue weighted by Gasteiger charge is -2.15. The molecule has 0 radical (unpaired) electrons. The molecule has 15 heavy (non-hydrogen) atoms. The Morgan fingerprint density at radius 2 is 1.80 bits per heavy atom. The molecule has 1 aromatic heterocycles. The molecular weight excluding hydrogens is 223 g/mol. The lowest BCUT2D eigenvalue weighted by atomic mass is 9.94. The molecule has 1 rings (SSSR count). The molecule has 0 N–H and O–H groups in total. The molecule has 5 heteroatoms. The number of rotatable bonds is 0. The molecule has 0 saturated heterocycles. The highest BCUT2D eigenvalue weighted by Crippen LogP contribution is 2.41. The van der Waals surface area contributed by atoms with Gasteiger partial charge in [-0.2, -0.15) is 18.4 Å². The molecule has 1 nitrogen and oxygen atoms in total. The van der Waals surface area contributed by atoms with Crippen molar-refractivity contribution < 1.29 is 13.2 Å². The highest BCUT2D eigenvalue weighted by atomic mass is 32.1. The van der Waals surface area contributed by atoms with Gasteiger partial charge in [-0.05, 0) is 11.5 Å². The van der Waals surface area contributed by atoms with Gasteiger partial charge in [0.05, 0.1) is 5.56 Å². The van der Waals surface area contributed by atoms with Crippen molar-refractivity contribution in [1.29, 1.82) is 5.26 Å². The van der Waals surface area contributed by atoms with E-state index in [1.165, 1.54) is 6.07 Å². The molecule has 82 valence electrons. The first-order chi connectivity index (χ1) is 6.66. The second-order valence-corrected chi connectivity index (χ2v) is 5.27. The third kappa shape index (κ3) is 2.51. The molecule has 0 saturated carbocycles. The quantitative estimate of drug-likeness (QED) is 0.666. The Kier molecular flexibility index (Phi) is 2.83. The Morgan fingerprint density at radius 3 is 2.07 bits per heavy atom. The van der Waals surface area contributed by atoms with Gasteiger partial charge in [-0.15, -0.1) is 11.3 Å². The first-order valence-corrected chi connectivity index (χ1v) is 5.09. The summed E-state index contributed by atoms with van der Waals surface area (Å²) in [6, 6.07) is 2.91. The van der Waals surface area contributed by atoms with Gasteiger partial charge in [-0.1, -0.05) is 20.8 Å². The van der Waals surface area contributed by atoms with E-state index in [-0.39, 0.29) is 11.0 Å². The van der Waals surface area contributed by atoms with E-state index in [0.29, 0.717) is 16.2 Å². The zero-order valence-electron chi connectivity index (χ0n) is 8.57. The SMILES string of the molecule is CC(C)(C)c1cc(C#N)c(C(F)(F)F)s1. The standard InChI is InChI=1S/C10H10F3NS/c1-9(2,3)7-4-6(5-14)8(15-7)10(11,12)13/h4H,1-3H3. The Morgan fingerprint density at radius 1 is 1.27 bits per heavy atom. The average molecular weight is 233 g/mol. The highest BCUT2D eigenvalue weighted by molar-refractivity contribution is 7.12. The van der Waals surface area contributed by atoms with Gasteiger partial charge in [0.15, 0.2) is 0 Å². The number of thiophene rings is 1. The molecule has 0 aliphatic heterocycles. The van der Waals surface area contributed by atoms with Gasteiger partial charge < -0.3 is 0 Å². The van der Waals surface area contributed by atoms with E-state index >= 15 is 0 Å². The van der Waals surface area contributed by atoms with Crippen molar-refractivity contribution in [2.24, 2.45) is 0 Å². The zero-order valence-corrected chi connectivity index (χ0v) is 9.38. The summed E-state index contributed by atoms with van der Waals surface area (Å²) in [5.74, 6) is 0. The van der Waals surface area contributed by atoms with Crippen LogP contribution in [0.25, 0.3) is 0 Å². The van der Waals surface area contributed by atoms with Crippen LogP contribution >= 0.6 is 11.3 Å². The first-order valence-electron chi connectivity index (χ1n) is 4.28. The van der Waals surface area contributed by atoms with Gasteiger partial charge in [0.2, 0.25) is 0 Å². The maximum atomic E-state index is 12.5. The van der Waals surface area contributed by atoms with Crippen molar-refractivity contribution in [1.82, 2.24) is 0 Å². The lowest BCUT2D eigenvalue weighted by molar-refractivity contribution is -0.134. The summed E-state index contributed by atoms with van der Waals surface area (Å²) in [4.78, 5) is -0.221. The van der Waals surface area contributed by atoms with Crippen LogP contribution in [0.1, 0.15) is 36.1 Å². The van der Waals surface area contributed by atoms with Crippen molar-refractivity contribution in [3.8, 4) is 6.07 Å². The minimum absolute atomic E-state index is 0.280. The molecule has 0 amide bonds. The summed E-state index contributed by atoms with van der Waals surface area (Å²) in [5.41, 5.74) is -0.642. The normalized spacial score (nSPS) is 12.6. The molecular formula is C10H10F3NS. The third-order valence-electron chi connectivity index (χ3n) is 1.85. The van der Waals surface area contributed by atoms with Crippen LogP contribution in [0.2, 0.25) is 0 Å². The maximum Gasteiger partial charge on any atom is 0.426 e. The van der Waals surface area contributed by atoms with Crippen LogP contribution in [0.3, 0.4) is 0 Å². The van der Waals surface area contributed by atoms with E-state index in [1.807, 2.05) is 20.8 Å².